The molecule has 0 aromatic carbocycles. The van der Waals surface area contributed by atoms with Gasteiger partial charge in [0, 0.05) is 12.1 Å². The van der Waals surface area contributed by atoms with Crippen molar-refractivity contribution in [2.24, 2.45) is 5.92 Å². The minimum atomic E-state index is -3.00. The summed E-state index contributed by atoms with van der Waals surface area (Å²) < 4.78 is 22.9. The van der Waals surface area contributed by atoms with Crippen molar-refractivity contribution in [1.29, 1.82) is 0 Å². The van der Waals surface area contributed by atoms with Crippen LogP contribution in [-0.4, -0.2) is 54.0 Å². The van der Waals surface area contributed by atoms with Crippen LogP contribution in [0.3, 0.4) is 0 Å². The van der Waals surface area contributed by atoms with Crippen molar-refractivity contribution in [2.45, 2.75) is 50.3 Å². The minimum Gasteiger partial charge on any atom is -0.393 e. The lowest BCUT2D eigenvalue weighted by Crippen LogP contribution is -2.50. The fourth-order valence-corrected chi connectivity index (χ4v) is 5.44. The zero-order valence-electron chi connectivity index (χ0n) is 10.3. The quantitative estimate of drug-likeness (QED) is 0.726. The van der Waals surface area contributed by atoms with Gasteiger partial charge in [0.15, 0.2) is 9.84 Å². The molecule has 2 bridgehead atoms. The van der Waals surface area contributed by atoms with Gasteiger partial charge in [-0.2, -0.15) is 0 Å². The van der Waals surface area contributed by atoms with Gasteiger partial charge in [0.2, 0.25) is 5.91 Å². The molecule has 3 heterocycles. The van der Waals surface area contributed by atoms with Crippen molar-refractivity contribution in [3.05, 3.63) is 0 Å². The number of hydrogen-bond donors (Lipinski definition) is 1. The molecule has 3 aliphatic heterocycles. The molecule has 3 unspecified atom stereocenters. The number of rotatable bonds is 1. The Balaban J connectivity index is 1.74. The second-order valence-electron chi connectivity index (χ2n) is 5.86. The second-order valence-corrected chi connectivity index (χ2v) is 8.08. The number of piperidine rings is 1. The van der Waals surface area contributed by atoms with Gasteiger partial charge in [-0.1, -0.05) is 0 Å². The molecule has 6 heteroatoms. The molecule has 3 atom stereocenters. The smallest absolute Gasteiger partial charge is 0.227 e. The Kier molecular flexibility index (Phi) is 2.90. The van der Waals surface area contributed by atoms with Crippen molar-refractivity contribution in [2.75, 3.05) is 11.5 Å². The van der Waals surface area contributed by atoms with Gasteiger partial charge in [0.1, 0.15) is 0 Å². The number of hydrogen-bond acceptors (Lipinski definition) is 4. The zero-order chi connectivity index (χ0) is 12.9. The molecule has 0 aliphatic carbocycles. The third-order valence-electron chi connectivity index (χ3n) is 4.54. The van der Waals surface area contributed by atoms with Gasteiger partial charge in [-0.3, -0.25) is 4.79 Å². The van der Waals surface area contributed by atoms with E-state index in [1.54, 1.807) is 0 Å². The van der Waals surface area contributed by atoms with Crippen molar-refractivity contribution in [1.82, 2.24) is 4.90 Å². The average molecular weight is 273 g/mol. The first-order valence-corrected chi connectivity index (χ1v) is 8.49. The van der Waals surface area contributed by atoms with E-state index < -0.39 is 9.84 Å². The van der Waals surface area contributed by atoms with E-state index in [4.69, 9.17) is 0 Å². The number of aliphatic hydroxyl groups is 1. The van der Waals surface area contributed by atoms with Crippen molar-refractivity contribution >= 4 is 15.7 Å². The fourth-order valence-electron chi connectivity index (χ4n) is 3.71. The first-order valence-electron chi connectivity index (χ1n) is 6.67. The molecule has 0 spiro atoms. The first-order chi connectivity index (χ1) is 8.46. The van der Waals surface area contributed by atoms with E-state index in [1.165, 1.54) is 0 Å². The lowest BCUT2D eigenvalue weighted by Gasteiger charge is -2.38. The highest BCUT2D eigenvalue weighted by molar-refractivity contribution is 7.91. The minimum absolute atomic E-state index is 0.00970. The second kappa shape index (κ2) is 4.20. The van der Waals surface area contributed by atoms with E-state index in [9.17, 15) is 18.3 Å². The van der Waals surface area contributed by atoms with Crippen molar-refractivity contribution in [3.63, 3.8) is 0 Å². The zero-order valence-corrected chi connectivity index (χ0v) is 11.1. The molecule has 5 nitrogen and oxygen atoms in total. The predicted octanol–water partition coefficient (Wildman–Crippen LogP) is -0.0646. The Morgan fingerprint density at radius 1 is 1.11 bits per heavy atom. The maximum Gasteiger partial charge on any atom is 0.227 e. The van der Waals surface area contributed by atoms with E-state index in [-0.39, 0.29) is 41.5 Å². The molecule has 0 radical (unpaired) electrons. The summed E-state index contributed by atoms with van der Waals surface area (Å²) in [6.45, 7) is 0. The molecule has 18 heavy (non-hydrogen) atoms. The molecule has 3 fully saturated rings. The van der Waals surface area contributed by atoms with Crippen LogP contribution in [0.15, 0.2) is 0 Å². The van der Waals surface area contributed by atoms with Crippen molar-refractivity contribution in [3.8, 4) is 0 Å². The largest absolute Gasteiger partial charge is 0.393 e. The molecular formula is C12H19NO4S. The Morgan fingerprint density at radius 2 is 1.72 bits per heavy atom. The third-order valence-corrected chi connectivity index (χ3v) is 6.31. The van der Waals surface area contributed by atoms with Gasteiger partial charge in [-0.25, -0.2) is 8.42 Å². The van der Waals surface area contributed by atoms with Crippen LogP contribution < -0.4 is 0 Å². The monoisotopic (exact) mass is 273 g/mol. The van der Waals surface area contributed by atoms with Crippen LogP contribution >= 0.6 is 0 Å². The molecule has 0 saturated carbocycles. The van der Waals surface area contributed by atoms with Gasteiger partial charge in [-0.15, -0.1) is 0 Å². The number of carbonyl (C=O) groups is 1. The summed E-state index contributed by atoms with van der Waals surface area (Å²) in [5.41, 5.74) is 0. The van der Waals surface area contributed by atoms with Crippen LogP contribution in [0.25, 0.3) is 0 Å². The summed E-state index contributed by atoms with van der Waals surface area (Å²) in [7, 11) is -3.00. The number of aliphatic hydroxyl groups excluding tert-OH is 1. The predicted molar refractivity (Wildman–Crippen MR) is 65.7 cm³/mol. The van der Waals surface area contributed by atoms with Gasteiger partial charge in [-0.05, 0) is 32.1 Å². The maximum absolute atomic E-state index is 12.4. The summed E-state index contributed by atoms with van der Waals surface area (Å²) in [6.07, 6.45) is 3.39. The van der Waals surface area contributed by atoms with Crippen LogP contribution in [0.2, 0.25) is 0 Å². The van der Waals surface area contributed by atoms with Crippen molar-refractivity contribution < 1.29 is 18.3 Å². The SMILES string of the molecule is O=C(C1CCS(=O)(=O)C1)N1C2CCC1CC(O)C2. The summed E-state index contributed by atoms with van der Waals surface area (Å²) in [5.74, 6) is -0.164. The number of amides is 1. The maximum atomic E-state index is 12.4. The number of fused-ring (bicyclic) bond motifs is 2. The highest BCUT2D eigenvalue weighted by Crippen LogP contribution is 2.37. The molecule has 102 valence electrons. The van der Waals surface area contributed by atoms with Gasteiger partial charge in [0.25, 0.3) is 0 Å². The molecule has 3 aliphatic rings. The van der Waals surface area contributed by atoms with E-state index in [1.807, 2.05) is 4.90 Å². The number of nitrogens with zero attached hydrogens (tertiary/aromatic N) is 1. The van der Waals surface area contributed by atoms with Gasteiger partial charge >= 0.3 is 0 Å². The summed E-state index contributed by atoms with van der Waals surface area (Å²) in [6, 6.07) is 0.268. The van der Waals surface area contributed by atoms with Crippen LogP contribution in [0, 0.1) is 5.92 Å². The Morgan fingerprint density at radius 3 is 2.22 bits per heavy atom. The van der Waals surface area contributed by atoms with Gasteiger partial charge < -0.3 is 10.0 Å². The van der Waals surface area contributed by atoms with Crippen LogP contribution in [0.1, 0.15) is 32.1 Å². The fraction of sp³-hybridized carbons (Fsp3) is 0.917. The number of sulfone groups is 1. The first kappa shape index (κ1) is 12.4. The molecule has 1 amide bonds. The Bertz CT molecular complexity index is 447. The Hall–Kier alpha value is -0.620. The lowest BCUT2D eigenvalue weighted by atomic mass is 9.97. The summed E-state index contributed by atoms with van der Waals surface area (Å²) in [5, 5.41) is 9.70. The van der Waals surface area contributed by atoms with E-state index in [2.05, 4.69) is 0 Å². The molecule has 1 N–H and O–H groups in total. The Labute approximate surface area is 107 Å². The normalized spacial score (nSPS) is 42.2. The summed E-state index contributed by atoms with van der Waals surface area (Å²) in [4.78, 5) is 14.3. The topological polar surface area (TPSA) is 74.7 Å². The summed E-state index contributed by atoms with van der Waals surface area (Å²) >= 11 is 0. The third kappa shape index (κ3) is 2.05. The molecule has 0 aromatic rings. The van der Waals surface area contributed by atoms with Crippen LogP contribution in [0.5, 0.6) is 0 Å². The highest BCUT2D eigenvalue weighted by atomic mass is 32.2. The van der Waals surface area contributed by atoms with E-state index in [0.717, 1.165) is 12.8 Å². The van der Waals surface area contributed by atoms with Gasteiger partial charge in [0.05, 0.1) is 23.5 Å². The van der Waals surface area contributed by atoms with Crippen LogP contribution in [0.4, 0.5) is 0 Å². The van der Waals surface area contributed by atoms with E-state index in [0.29, 0.717) is 19.3 Å². The lowest BCUT2D eigenvalue weighted by molar-refractivity contribution is -0.141. The highest BCUT2D eigenvalue weighted by Gasteiger charge is 2.46. The molecule has 3 saturated heterocycles. The molecular weight excluding hydrogens is 254 g/mol. The number of carbonyl (C=O) groups excluding carboxylic acids is 1. The van der Waals surface area contributed by atoms with Crippen LogP contribution in [-0.2, 0) is 14.6 Å². The molecule has 0 aromatic heterocycles. The standard InChI is InChI=1S/C12H19NO4S/c14-11-5-9-1-2-10(6-11)13(9)12(15)8-3-4-18(16,17)7-8/h8-11,14H,1-7H2. The average Bonchev–Trinajstić information content (AvgIpc) is 2.77. The molecule has 3 rings (SSSR count). The van der Waals surface area contributed by atoms with E-state index >= 15 is 0 Å².